The number of hydrogen-bond donors (Lipinski definition) is 1. The van der Waals surface area contributed by atoms with Gasteiger partial charge < -0.3 is 10.1 Å². The Morgan fingerprint density at radius 2 is 1.93 bits per heavy atom. The highest BCUT2D eigenvalue weighted by atomic mass is 32.1. The molecule has 30 heavy (non-hydrogen) atoms. The lowest BCUT2D eigenvalue weighted by molar-refractivity contribution is -0.116. The van der Waals surface area contributed by atoms with E-state index in [1.807, 2.05) is 32.0 Å². The van der Waals surface area contributed by atoms with Crippen LogP contribution in [-0.2, 0) is 29.1 Å². The lowest BCUT2D eigenvalue weighted by Crippen LogP contribution is -2.42. The molecule has 4 rings (SSSR count). The van der Waals surface area contributed by atoms with Crippen molar-refractivity contribution in [2.45, 2.75) is 58.9 Å². The normalized spacial score (nSPS) is 15.4. The molecule has 0 spiro atoms. The third kappa shape index (κ3) is 3.61. The summed E-state index contributed by atoms with van der Waals surface area (Å²) < 4.78 is 8.57. The zero-order valence-electron chi connectivity index (χ0n) is 17.5. The van der Waals surface area contributed by atoms with Crippen molar-refractivity contribution >= 4 is 33.1 Å². The van der Waals surface area contributed by atoms with Crippen LogP contribution >= 0.6 is 11.3 Å². The number of hydrogen-bond acceptors (Lipinski definition) is 5. The Hall–Kier alpha value is -2.71. The maximum atomic E-state index is 13.3. The standard InChI is InChI=1S/C22H25N3O4S/c1-13(2)25-19(27)18-15-10-22(3,4)29-12-16(15)30-20(18)24(21(25)28)11-17(26)23-14-8-6-5-7-9-14/h5-9,13H,10-12H2,1-4H3,(H,23,26). The molecule has 158 valence electrons. The first-order valence-electron chi connectivity index (χ1n) is 9.96. The number of nitrogens with one attached hydrogen (secondary N) is 1. The predicted octanol–water partition coefficient (Wildman–Crippen LogP) is 3.30. The molecule has 0 radical (unpaired) electrons. The zero-order valence-corrected chi connectivity index (χ0v) is 18.3. The van der Waals surface area contributed by atoms with E-state index in [9.17, 15) is 14.4 Å². The van der Waals surface area contributed by atoms with E-state index in [0.29, 0.717) is 28.9 Å². The van der Waals surface area contributed by atoms with Crippen LogP contribution in [0, 0.1) is 0 Å². The van der Waals surface area contributed by atoms with Gasteiger partial charge in [-0.25, -0.2) is 4.79 Å². The molecule has 1 amide bonds. The zero-order chi connectivity index (χ0) is 21.6. The van der Waals surface area contributed by atoms with Gasteiger partial charge in [-0.1, -0.05) is 18.2 Å². The van der Waals surface area contributed by atoms with Crippen LogP contribution in [0.3, 0.4) is 0 Å². The van der Waals surface area contributed by atoms with E-state index in [0.717, 1.165) is 10.4 Å². The Kier molecular flexibility index (Phi) is 5.15. The van der Waals surface area contributed by atoms with Gasteiger partial charge in [-0.15, -0.1) is 11.3 Å². The summed E-state index contributed by atoms with van der Waals surface area (Å²) in [5, 5.41) is 3.35. The molecule has 2 aromatic heterocycles. The molecule has 1 aromatic carbocycles. The average molecular weight is 428 g/mol. The summed E-state index contributed by atoms with van der Waals surface area (Å²) in [6, 6.07) is 8.77. The van der Waals surface area contributed by atoms with Gasteiger partial charge in [0.25, 0.3) is 5.56 Å². The van der Waals surface area contributed by atoms with Crippen molar-refractivity contribution in [2.75, 3.05) is 5.32 Å². The molecule has 0 saturated heterocycles. The Morgan fingerprint density at radius 1 is 1.23 bits per heavy atom. The summed E-state index contributed by atoms with van der Waals surface area (Å²) in [5.41, 5.74) is 0.443. The molecular formula is C22H25N3O4S. The fraction of sp³-hybridized carbons (Fsp3) is 0.409. The average Bonchev–Trinajstić information content (AvgIpc) is 3.03. The lowest BCUT2D eigenvalue weighted by Gasteiger charge is -2.30. The number of aromatic nitrogens is 2. The van der Waals surface area contributed by atoms with E-state index in [-0.39, 0.29) is 29.7 Å². The molecule has 0 fully saturated rings. The molecule has 7 nitrogen and oxygen atoms in total. The van der Waals surface area contributed by atoms with E-state index in [1.54, 1.807) is 26.0 Å². The Labute approximate surface area is 177 Å². The van der Waals surface area contributed by atoms with Gasteiger partial charge in [0.05, 0.1) is 17.6 Å². The predicted molar refractivity (Wildman–Crippen MR) is 118 cm³/mol. The highest BCUT2D eigenvalue weighted by molar-refractivity contribution is 7.18. The first-order chi connectivity index (χ1) is 14.2. The van der Waals surface area contributed by atoms with E-state index in [4.69, 9.17) is 4.74 Å². The minimum atomic E-state index is -0.468. The largest absolute Gasteiger partial charge is 0.370 e. The SMILES string of the molecule is CC(C)n1c(=O)c2c3c(sc2n(CC(=O)Nc2ccccc2)c1=O)COC(C)(C)C3. The first-order valence-corrected chi connectivity index (χ1v) is 10.8. The molecule has 3 heterocycles. The first kappa shape index (κ1) is 20.6. The number of para-hydroxylation sites is 1. The molecule has 0 aliphatic carbocycles. The van der Waals surface area contributed by atoms with Gasteiger partial charge in [0, 0.05) is 23.0 Å². The maximum Gasteiger partial charge on any atom is 0.332 e. The van der Waals surface area contributed by atoms with Crippen LogP contribution in [0.5, 0.6) is 0 Å². The minimum Gasteiger partial charge on any atom is -0.370 e. The molecule has 0 bridgehead atoms. The molecule has 1 aliphatic rings. The quantitative estimate of drug-likeness (QED) is 0.693. The number of anilines is 1. The maximum absolute atomic E-state index is 13.3. The fourth-order valence-electron chi connectivity index (χ4n) is 3.83. The molecule has 3 aromatic rings. The van der Waals surface area contributed by atoms with E-state index < -0.39 is 5.69 Å². The van der Waals surface area contributed by atoms with E-state index in [2.05, 4.69) is 5.32 Å². The summed E-state index contributed by atoms with van der Waals surface area (Å²) in [6.07, 6.45) is 0.587. The number of nitrogens with zero attached hydrogens (tertiary/aromatic N) is 2. The molecule has 0 atom stereocenters. The smallest absolute Gasteiger partial charge is 0.332 e. The van der Waals surface area contributed by atoms with Crippen molar-refractivity contribution in [3.63, 3.8) is 0 Å². The van der Waals surface area contributed by atoms with Crippen LogP contribution in [0.25, 0.3) is 10.2 Å². The van der Waals surface area contributed by atoms with Gasteiger partial charge in [-0.2, -0.15) is 0 Å². The second-order valence-corrected chi connectivity index (χ2v) is 9.54. The van der Waals surface area contributed by atoms with Crippen molar-refractivity contribution < 1.29 is 9.53 Å². The van der Waals surface area contributed by atoms with Gasteiger partial charge in [0.1, 0.15) is 11.4 Å². The Balaban J connectivity index is 1.86. The summed E-state index contributed by atoms with van der Waals surface area (Å²) in [5.74, 6) is -0.318. The third-order valence-electron chi connectivity index (χ3n) is 5.26. The van der Waals surface area contributed by atoms with E-state index >= 15 is 0 Å². The second kappa shape index (κ2) is 7.52. The van der Waals surface area contributed by atoms with Crippen LogP contribution in [0.15, 0.2) is 39.9 Å². The van der Waals surface area contributed by atoms with Crippen molar-refractivity contribution in [3.8, 4) is 0 Å². The Morgan fingerprint density at radius 3 is 2.60 bits per heavy atom. The van der Waals surface area contributed by atoms with Crippen molar-refractivity contribution in [1.82, 2.24) is 9.13 Å². The van der Waals surface area contributed by atoms with Gasteiger partial charge in [0.15, 0.2) is 0 Å². The Bertz CT molecular complexity index is 1240. The molecule has 1 aliphatic heterocycles. The highest BCUT2D eigenvalue weighted by Crippen LogP contribution is 2.37. The molecule has 0 unspecified atom stereocenters. The minimum absolute atomic E-state index is 0.166. The molecular weight excluding hydrogens is 402 g/mol. The van der Waals surface area contributed by atoms with Gasteiger partial charge >= 0.3 is 5.69 Å². The van der Waals surface area contributed by atoms with E-state index in [1.165, 1.54) is 20.5 Å². The number of thiophene rings is 1. The highest BCUT2D eigenvalue weighted by Gasteiger charge is 2.32. The monoisotopic (exact) mass is 427 g/mol. The number of rotatable bonds is 4. The summed E-state index contributed by atoms with van der Waals surface area (Å²) in [4.78, 5) is 40.7. The second-order valence-electron chi connectivity index (χ2n) is 8.46. The fourth-order valence-corrected chi connectivity index (χ4v) is 5.05. The van der Waals surface area contributed by atoms with Crippen LogP contribution in [0.2, 0.25) is 0 Å². The van der Waals surface area contributed by atoms with Crippen LogP contribution in [0.1, 0.15) is 44.2 Å². The molecule has 0 saturated carbocycles. The molecule has 8 heteroatoms. The third-order valence-corrected chi connectivity index (χ3v) is 6.49. The molecule has 1 N–H and O–H groups in total. The van der Waals surface area contributed by atoms with Crippen molar-refractivity contribution in [3.05, 3.63) is 61.6 Å². The summed E-state index contributed by atoms with van der Waals surface area (Å²) in [6.45, 7) is 7.81. The summed E-state index contributed by atoms with van der Waals surface area (Å²) in [7, 11) is 0. The number of benzene rings is 1. The van der Waals surface area contributed by atoms with Crippen LogP contribution in [0.4, 0.5) is 5.69 Å². The van der Waals surface area contributed by atoms with Crippen molar-refractivity contribution in [2.24, 2.45) is 0 Å². The van der Waals surface area contributed by atoms with Gasteiger partial charge in [0.2, 0.25) is 5.91 Å². The lowest BCUT2D eigenvalue weighted by atomic mass is 9.94. The van der Waals surface area contributed by atoms with Crippen molar-refractivity contribution in [1.29, 1.82) is 0 Å². The number of fused-ring (bicyclic) bond motifs is 3. The topological polar surface area (TPSA) is 82.3 Å². The summed E-state index contributed by atoms with van der Waals surface area (Å²) >= 11 is 1.37. The number of ether oxygens (including phenoxy) is 1. The van der Waals surface area contributed by atoms with Gasteiger partial charge in [-0.05, 0) is 45.4 Å². The number of carbonyl (C=O) groups is 1. The van der Waals surface area contributed by atoms with Gasteiger partial charge in [-0.3, -0.25) is 18.7 Å². The number of amides is 1. The number of carbonyl (C=O) groups excluding carboxylic acids is 1. The van der Waals surface area contributed by atoms with Crippen LogP contribution < -0.4 is 16.6 Å². The van der Waals surface area contributed by atoms with Crippen LogP contribution in [-0.4, -0.2) is 20.6 Å².